The van der Waals surface area contributed by atoms with Gasteiger partial charge in [0.25, 0.3) is 0 Å². The van der Waals surface area contributed by atoms with Crippen molar-refractivity contribution in [3.63, 3.8) is 0 Å². The van der Waals surface area contributed by atoms with Crippen molar-refractivity contribution >= 4 is 16.9 Å². The highest BCUT2D eigenvalue weighted by Gasteiger charge is 2.23. The molecule has 2 aromatic heterocycles. The van der Waals surface area contributed by atoms with E-state index in [1.807, 2.05) is 0 Å². The summed E-state index contributed by atoms with van der Waals surface area (Å²) in [5.41, 5.74) is 1.18. The fraction of sp³-hybridized carbons (Fsp3) is 0.286. The van der Waals surface area contributed by atoms with Gasteiger partial charge in [0.15, 0.2) is 11.5 Å². The maximum absolute atomic E-state index is 13.7. The van der Waals surface area contributed by atoms with E-state index in [-0.39, 0.29) is 5.82 Å². The zero-order valence-electron chi connectivity index (χ0n) is 11.2. The number of benzene rings is 1. The average Bonchev–Trinajstić information content (AvgIpc) is 3.21. The summed E-state index contributed by atoms with van der Waals surface area (Å²) in [5.74, 6) is 0.446. The van der Waals surface area contributed by atoms with Gasteiger partial charge in [-0.3, -0.25) is 0 Å². The molecule has 1 aliphatic rings. The molecule has 0 bridgehead atoms. The molecule has 1 N–H and O–H groups in total. The van der Waals surface area contributed by atoms with Gasteiger partial charge in [-0.15, -0.1) is 10.2 Å². The summed E-state index contributed by atoms with van der Waals surface area (Å²) in [6.07, 6.45) is 3.99. The topological polar surface area (TPSA) is 68.5 Å². The third-order valence-electron chi connectivity index (χ3n) is 3.55. The van der Waals surface area contributed by atoms with Crippen LogP contribution in [0.25, 0.3) is 11.0 Å². The highest BCUT2D eigenvalue weighted by Crippen LogP contribution is 2.27. The molecule has 106 valence electrons. The fourth-order valence-electron chi connectivity index (χ4n) is 2.25. The van der Waals surface area contributed by atoms with Gasteiger partial charge in [0, 0.05) is 11.6 Å². The average molecular weight is 284 g/mol. The maximum atomic E-state index is 13.7. The number of hydrogen-bond acceptors (Lipinski definition) is 5. The standard InChI is InChI=1S/C14H13FN6/c15-12-4-2-1-3-9(12)8-21-14-11(7-16-21)13(18-20-19-14)17-10-5-6-10/h1-4,7,10H,5-6,8H2,(H,17,18,19). The summed E-state index contributed by atoms with van der Waals surface area (Å²) in [6, 6.07) is 7.12. The largest absolute Gasteiger partial charge is 0.365 e. The number of nitrogens with one attached hydrogen (secondary N) is 1. The summed E-state index contributed by atoms with van der Waals surface area (Å²) in [6.45, 7) is 0.317. The van der Waals surface area contributed by atoms with Crippen LogP contribution < -0.4 is 5.32 Å². The summed E-state index contributed by atoms with van der Waals surface area (Å²) < 4.78 is 15.4. The van der Waals surface area contributed by atoms with Crippen molar-refractivity contribution in [2.24, 2.45) is 0 Å². The first-order chi connectivity index (χ1) is 10.3. The molecule has 7 heteroatoms. The van der Waals surface area contributed by atoms with Crippen LogP contribution in [0, 0.1) is 5.82 Å². The van der Waals surface area contributed by atoms with Gasteiger partial charge in [0.05, 0.1) is 18.1 Å². The molecule has 0 aliphatic heterocycles. The summed E-state index contributed by atoms with van der Waals surface area (Å²) in [7, 11) is 0. The Kier molecular flexibility index (Phi) is 2.77. The van der Waals surface area contributed by atoms with E-state index in [0.717, 1.165) is 18.2 Å². The lowest BCUT2D eigenvalue weighted by Gasteiger charge is -2.05. The van der Waals surface area contributed by atoms with Crippen molar-refractivity contribution in [2.75, 3.05) is 5.32 Å². The van der Waals surface area contributed by atoms with E-state index in [1.54, 1.807) is 29.1 Å². The predicted molar refractivity (Wildman–Crippen MR) is 75.3 cm³/mol. The number of fused-ring (bicyclic) bond motifs is 1. The Morgan fingerprint density at radius 3 is 2.90 bits per heavy atom. The zero-order chi connectivity index (χ0) is 14.2. The van der Waals surface area contributed by atoms with Crippen molar-refractivity contribution in [2.45, 2.75) is 25.4 Å². The van der Waals surface area contributed by atoms with Crippen molar-refractivity contribution < 1.29 is 4.39 Å². The predicted octanol–water partition coefficient (Wildman–Crippen LogP) is 1.98. The first-order valence-electron chi connectivity index (χ1n) is 6.86. The first kappa shape index (κ1) is 12.2. The van der Waals surface area contributed by atoms with E-state index in [0.29, 0.717) is 29.6 Å². The fourth-order valence-corrected chi connectivity index (χ4v) is 2.25. The van der Waals surface area contributed by atoms with Gasteiger partial charge in [0.2, 0.25) is 0 Å². The van der Waals surface area contributed by atoms with Gasteiger partial charge in [-0.2, -0.15) is 5.10 Å². The van der Waals surface area contributed by atoms with E-state index in [4.69, 9.17) is 0 Å². The molecule has 0 saturated heterocycles. The number of anilines is 1. The van der Waals surface area contributed by atoms with E-state index in [9.17, 15) is 4.39 Å². The minimum Gasteiger partial charge on any atom is -0.365 e. The molecule has 1 saturated carbocycles. The Balaban J connectivity index is 1.71. The molecule has 4 rings (SSSR count). The van der Waals surface area contributed by atoms with Gasteiger partial charge in [-0.25, -0.2) is 9.07 Å². The SMILES string of the molecule is Fc1ccccc1Cn1ncc2c(NC3CC3)nnnc21. The van der Waals surface area contributed by atoms with E-state index >= 15 is 0 Å². The van der Waals surface area contributed by atoms with Crippen molar-refractivity contribution in [1.29, 1.82) is 0 Å². The Labute approximate surface area is 120 Å². The molecule has 3 aromatic rings. The Bertz CT molecular complexity index is 795. The van der Waals surface area contributed by atoms with Crippen molar-refractivity contribution in [3.05, 3.63) is 41.8 Å². The lowest BCUT2D eigenvalue weighted by Crippen LogP contribution is -2.08. The minimum atomic E-state index is -0.250. The van der Waals surface area contributed by atoms with Crippen LogP contribution in [-0.4, -0.2) is 31.2 Å². The molecule has 0 atom stereocenters. The number of nitrogens with zero attached hydrogens (tertiary/aromatic N) is 5. The van der Waals surface area contributed by atoms with Crippen LogP contribution in [0.3, 0.4) is 0 Å². The molecular formula is C14H13FN6. The second-order valence-electron chi connectivity index (χ2n) is 5.19. The molecule has 0 unspecified atom stereocenters. The third-order valence-corrected chi connectivity index (χ3v) is 3.55. The molecule has 2 heterocycles. The molecular weight excluding hydrogens is 271 g/mol. The molecule has 21 heavy (non-hydrogen) atoms. The van der Waals surface area contributed by atoms with E-state index in [1.165, 1.54) is 6.07 Å². The van der Waals surface area contributed by atoms with Gasteiger partial charge >= 0.3 is 0 Å². The van der Waals surface area contributed by atoms with Crippen LogP contribution in [0.5, 0.6) is 0 Å². The number of hydrogen-bond donors (Lipinski definition) is 1. The van der Waals surface area contributed by atoms with Crippen molar-refractivity contribution in [1.82, 2.24) is 25.2 Å². The molecule has 1 aromatic carbocycles. The molecule has 1 aliphatic carbocycles. The lowest BCUT2D eigenvalue weighted by atomic mass is 10.2. The van der Waals surface area contributed by atoms with Gasteiger partial charge in [-0.05, 0) is 24.1 Å². The lowest BCUT2D eigenvalue weighted by molar-refractivity contribution is 0.588. The van der Waals surface area contributed by atoms with Gasteiger partial charge in [0.1, 0.15) is 5.82 Å². The highest BCUT2D eigenvalue weighted by molar-refractivity contribution is 5.85. The van der Waals surface area contributed by atoms with Gasteiger partial charge < -0.3 is 5.32 Å². The number of aromatic nitrogens is 5. The zero-order valence-corrected chi connectivity index (χ0v) is 11.2. The second kappa shape index (κ2) is 4.76. The smallest absolute Gasteiger partial charge is 0.186 e. The summed E-state index contributed by atoms with van der Waals surface area (Å²) >= 11 is 0. The molecule has 0 amide bonds. The molecule has 6 nitrogen and oxygen atoms in total. The van der Waals surface area contributed by atoms with Crippen LogP contribution in [0.1, 0.15) is 18.4 Å². The van der Waals surface area contributed by atoms with E-state index in [2.05, 4.69) is 25.8 Å². The van der Waals surface area contributed by atoms with Crippen LogP contribution >= 0.6 is 0 Å². The third kappa shape index (κ3) is 2.31. The minimum absolute atomic E-state index is 0.250. The molecule has 0 radical (unpaired) electrons. The molecule has 1 fully saturated rings. The Morgan fingerprint density at radius 1 is 1.24 bits per heavy atom. The Morgan fingerprint density at radius 2 is 2.10 bits per heavy atom. The Hall–Kier alpha value is -2.57. The number of halogens is 1. The van der Waals surface area contributed by atoms with Crippen LogP contribution in [0.4, 0.5) is 10.2 Å². The highest BCUT2D eigenvalue weighted by atomic mass is 19.1. The van der Waals surface area contributed by atoms with Crippen LogP contribution in [0.2, 0.25) is 0 Å². The van der Waals surface area contributed by atoms with E-state index < -0.39 is 0 Å². The maximum Gasteiger partial charge on any atom is 0.186 e. The van der Waals surface area contributed by atoms with Crippen LogP contribution in [0.15, 0.2) is 30.5 Å². The molecule has 0 spiro atoms. The number of rotatable bonds is 4. The summed E-state index contributed by atoms with van der Waals surface area (Å²) in [5, 5.41) is 20.2. The first-order valence-corrected chi connectivity index (χ1v) is 6.86. The van der Waals surface area contributed by atoms with Crippen LogP contribution in [-0.2, 0) is 6.54 Å². The normalized spacial score (nSPS) is 14.5. The second-order valence-corrected chi connectivity index (χ2v) is 5.19. The monoisotopic (exact) mass is 284 g/mol. The van der Waals surface area contributed by atoms with Gasteiger partial charge in [-0.1, -0.05) is 18.2 Å². The quantitative estimate of drug-likeness (QED) is 0.793. The van der Waals surface area contributed by atoms with Crippen molar-refractivity contribution in [3.8, 4) is 0 Å². The summed E-state index contributed by atoms with van der Waals surface area (Å²) in [4.78, 5) is 0.